The molecule has 2 rings (SSSR count). The molecule has 1 saturated carbocycles. The van der Waals surface area contributed by atoms with Gasteiger partial charge in [-0.15, -0.1) is 0 Å². The number of rotatable bonds is 6. The molecule has 5 heteroatoms. The summed E-state index contributed by atoms with van der Waals surface area (Å²) in [7, 11) is 0. The first-order valence-corrected chi connectivity index (χ1v) is 6.26. The van der Waals surface area contributed by atoms with Crippen molar-refractivity contribution in [2.75, 3.05) is 19.8 Å². The Balaban J connectivity index is 1.82. The first kappa shape index (κ1) is 12.4. The summed E-state index contributed by atoms with van der Waals surface area (Å²) in [5, 5.41) is 8.59. The van der Waals surface area contributed by atoms with Gasteiger partial charge in [0.05, 0.1) is 13.0 Å². The molecule has 1 amide bonds. The quantitative estimate of drug-likeness (QED) is 0.749. The van der Waals surface area contributed by atoms with Crippen molar-refractivity contribution in [3.8, 4) is 0 Å². The van der Waals surface area contributed by atoms with Gasteiger partial charge in [-0.05, 0) is 19.3 Å². The van der Waals surface area contributed by atoms with E-state index in [1.807, 2.05) is 4.90 Å². The number of carbonyl (C=O) groups is 2. The van der Waals surface area contributed by atoms with Gasteiger partial charge < -0.3 is 14.7 Å². The molecule has 1 saturated heterocycles. The number of nitrogens with zero attached hydrogens (tertiary/aromatic N) is 1. The first-order chi connectivity index (χ1) is 8.16. The number of hydrogen-bond donors (Lipinski definition) is 1. The number of aliphatic carboxylic acids is 1. The van der Waals surface area contributed by atoms with Gasteiger partial charge in [0.2, 0.25) is 5.91 Å². The molecule has 1 aliphatic heterocycles. The molecule has 0 spiro atoms. The average molecular weight is 241 g/mol. The molecule has 1 unspecified atom stereocenters. The smallest absolute Gasteiger partial charge is 0.303 e. The van der Waals surface area contributed by atoms with Crippen LogP contribution in [0.2, 0.25) is 0 Å². The van der Waals surface area contributed by atoms with Gasteiger partial charge >= 0.3 is 5.97 Å². The SMILES string of the molecule is O=C(O)CCC(=O)N(CC1CCOC1)C1CC1. The highest BCUT2D eigenvalue weighted by Crippen LogP contribution is 2.29. The number of hydrogen-bond acceptors (Lipinski definition) is 3. The lowest BCUT2D eigenvalue weighted by Crippen LogP contribution is -2.37. The fraction of sp³-hybridized carbons (Fsp3) is 0.833. The number of carboxylic acid groups (broad SMARTS) is 1. The number of carboxylic acids is 1. The van der Waals surface area contributed by atoms with E-state index in [2.05, 4.69) is 0 Å². The molecule has 1 aliphatic carbocycles. The molecule has 0 bridgehead atoms. The lowest BCUT2D eigenvalue weighted by molar-refractivity contribution is -0.141. The van der Waals surface area contributed by atoms with E-state index >= 15 is 0 Å². The van der Waals surface area contributed by atoms with Crippen molar-refractivity contribution >= 4 is 11.9 Å². The molecule has 1 N–H and O–H groups in total. The fourth-order valence-corrected chi connectivity index (χ4v) is 2.20. The molecule has 0 aromatic carbocycles. The molecule has 96 valence electrons. The van der Waals surface area contributed by atoms with Crippen LogP contribution in [0.1, 0.15) is 32.1 Å². The van der Waals surface area contributed by atoms with E-state index in [0.717, 1.165) is 39.0 Å². The van der Waals surface area contributed by atoms with Gasteiger partial charge in [-0.3, -0.25) is 9.59 Å². The predicted octanol–water partition coefficient (Wildman–Crippen LogP) is 0.879. The van der Waals surface area contributed by atoms with Crippen molar-refractivity contribution in [2.24, 2.45) is 5.92 Å². The van der Waals surface area contributed by atoms with Crippen molar-refractivity contribution in [3.63, 3.8) is 0 Å². The van der Waals surface area contributed by atoms with Crippen molar-refractivity contribution in [2.45, 2.75) is 38.1 Å². The van der Waals surface area contributed by atoms with Gasteiger partial charge in [0.25, 0.3) is 0 Å². The van der Waals surface area contributed by atoms with E-state index in [1.54, 1.807) is 0 Å². The minimum atomic E-state index is -0.904. The van der Waals surface area contributed by atoms with Crippen LogP contribution in [0.3, 0.4) is 0 Å². The van der Waals surface area contributed by atoms with Crippen molar-refractivity contribution in [3.05, 3.63) is 0 Å². The molecular weight excluding hydrogens is 222 g/mol. The number of amides is 1. The monoisotopic (exact) mass is 241 g/mol. The second-order valence-electron chi connectivity index (χ2n) is 4.90. The van der Waals surface area contributed by atoms with Crippen molar-refractivity contribution in [1.82, 2.24) is 4.90 Å². The van der Waals surface area contributed by atoms with Crippen LogP contribution in [0, 0.1) is 5.92 Å². The average Bonchev–Trinajstić information content (AvgIpc) is 3.00. The normalized spacial score (nSPS) is 23.6. The van der Waals surface area contributed by atoms with Crippen molar-refractivity contribution in [1.29, 1.82) is 0 Å². The van der Waals surface area contributed by atoms with E-state index < -0.39 is 5.97 Å². The summed E-state index contributed by atoms with van der Waals surface area (Å²) in [5.41, 5.74) is 0. The third-order valence-corrected chi connectivity index (χ3v) is 3.34. The third-order valence-electron chi connectivity index (χ3n) is 3.34. The Bertz CT molecular complexity index is 295. The lowest BCUT2D eigenvalue weighted by Gasteiger charge is -2.25. The maximum atomic E-state index is 11.9. The summed E-state index contributed by atoms with van der Waals surface area (Å²) >= 11 is 0. The summed E-state index contributed by atoms with van der Waals surface area (Å²) in [6.07, 6.45) is 3.19. The highest BCUT2D eigenvalue weighted by atomic mass is 16.5. The van der Waals surface area contributed by atoms with E-state index in [9.17, 15) is 9.59 Å². The van der Waals surface area contributed by atoms with Crippen molar-refractivity contribution < 1.29 is 19.4 Å². The Morgan fingerprint density at radius 2 is 2.00 bits per heavy atom. The van der Waals surface area contributed by atoms with Crippen LogP contribution in [0.15, 0.2) is 0 Å². The minimum absolute atomic E-state index is 0.0122. The first-order valence-electron chi connectivity index (χ1n) is 6.26. The third kappa shape index (κ3) is 3.70. The molecular formula is C12H19NO4. The molecule has 5 nitrogen and oxygen atoms in total. The van der Waals surface area contributed by atoms with Crippen LogP contribution in [0.25, 0.3) is 0 Å². The maximum absolute atomic E-state index is 11.9. The van der Waals surface area contributed by atoms with E-state index in [4.69, 9.17) is 9.84 Å². The zero-order chi connectivity index (χ0) is 12.3. The summed E-state index contributed by atoms with van der Waals surface area (Å²) in [6, 6.07) is 0.358. The molecule has 0 radical (unpaired) electrons. The molecule has 17 heavy (non-hydrogen) atoms. The Morgan fingerprint density at radius 1 is 1.24 bits per heavy atom. The lowest BCUT2D eigenvalue weighted by atomic mass is 10.1. The molecule has 1 heterocycles. The van der Waals surface area contributed by atoms with Crippen LogP contribution >= 0.6 is 0 Å². The number of carbonyl (C=O) groups excluding carboxylic acids is 1. The number of ether oxygens (including phenoxy) is 1. The second kappa shape index (κ2) is 5.49. The summed E-state index contributed by atoms with van der Waals surface area (Å²) in [6.45, 7) is 2.25. The van der Waals surface area contributed by atoms with Crippen LogP contribution in [-0.4, -0.2) is 47.7 Å². The predicted molar refractivity (Wildman–Crippen MR) is 60.5 cm³/mol. The Morgan fingerprint density at radius 3 is 2.53 bits per heavy atom. The van der Waals surface area contributed by atoms with Crippen LogP contribution in [-0.2, 0) is 14.3 Å². The van der Waals surface area contributed by atoms with Gasteiger partial charge in [-0.2, -0.15) is 0 Å². The molecule has 1 atom stereocenters. The highest BCUT2D eigenvalue weighted by molar-refractivity contribution is 5.81. The van der Waals surface area contributed by atoms with Crippen LogP contribution < -0.4 is 0 Å². The van der Waals surface area contributed by atoms with E-state index in [-0.39, 0.29) is 18.7 Å². The summed E-state index contributed by atoms with van der Waals surface area (Å²) in [5.74, 6) is -0.482. The molecule has 0 aromatic rings. The second-order valence-corrected chi connectivity index (χ2v) is 4.90. The van der Waals surface area contributed by atoms with Gasteiger partial charge in [-0.25, -0.2) is 0 Å². The Kier molecular flexibility index (Phi) is 3.99. The molecule has 0 aromatic heterocycles. The van der Waals surface area contributed by atoms with E-state index in [1.165, 1.54) is 0 Å². The Hall–Kier alpha value is -1.10. The van der Waals surface area contributed by atoms with Gasteiger partial charge in [-0.1, -0.05) is 0 Å². The highest BCUT2D eigenvalue weighted by Gasteiger charge is 2.34. The largest absolute Gasteiger partial charge is 0.481 e. The summed E-state index contributed by atoms with van der Waals surface area (Å²) < 4.78 is 5.30. The Labute approximate surface area is 101 Å². The molecule has 2 aliphatic rings. The van der Waals surface area contributed by atoms with Gasteiger partial charge in [0.1, 0.15) is 0 Å². The molecule has 2 fully saturated rings. The zero-order valence-corrected chi connectivity index (χ0v) is 9.93. The fourth-order valence-electron chi connectivity index (χ4n) is 2.20. The summed E-state index contributed by atoms with van der Waals surface area (Å²) in [4.78, 5) is 24.3. The van der Waals surface area contributed by atoms with Crippen LogP contribution in [0.4, 0.5) is 0 Å². The minimum Gasteiger partial charge on any atom is -0.481 e. The zero-order valence-electron chi connectivity index (χ0n) is 9.93. The van der Waals surface area contributed by atoms with E-state index in [0.29, 0.717) is 12.0 Å². The van der Waals surface area contributed by atoms with Gasteiger partial charge in [0, 0.05) is 31.5 Å². The maximum Gasteiger partial charge on any atom is 0.303 e. The standard InChI is InChI=1S/C12H19NO4/c14-11(3-4-12(15)16)13(10-1-2-10)7-9-5-6-17-8-9/h9-10H,1-8H2,(H,15,16). The van der Waals surface area contributed by atoms with Gasteiger partial charge in [0.15, 0.2) is 0 Å². The topological polar surface area (TPSA) is 66.8 Å². The van der Waals surface area contributed by atoms with Crippen LogP contribution in [0.5, 0.6) is 0 Å².